The number of pyridine rings is 1. The van der Waals surface area contributed by atoms with Crippen LogP contribution in [-0.2, 0) is 0 Å². The molecule has 0 aromatic carbocycles. The Morgan fingerprint density at radius 2 is 2.30 bits per heavy atom. The number of nitrogens with zero attached hydrogens (tertiary/aromatic N) is 1. The number of rotatable bonds is 0. The lowest BCUT2D eigenvalue weighted by atomic mass is 10.5. The second-order valence-electron chi connectivity index (χ2n) is 1.53. The lowest BCUT2D eigenvalue weighted by Crippen LogP contribution is -1.87. The van der Waals surface area contributed by atoms with Crippen LogP contribution in [0.1, 0.15) is 0 Å². The lowest BCUT2D eigenvalue weighted by molar-refractivity contribution is 0.613. The molecular weight excluding hydrogens is 335 g/mol. The number of hydrogen-bond acceptors (Lipinski definition) is 1. The summed E-state index contributed by atoms with van der Waals surface area (Å²) < 4.78 is 13.7. The van der Waals surface area contributed by atoms with Gasteiger partial charge in [0, 0.05) is 0 Å². The predicted molar refractivity (Wildman–Crippen MR) is 49.6 cm³/mol. The fourth-order valence-electron chi connectivity index (χ4n) is 0.442. The van der Waals surface area contributed by atoms with E-state index in [2.05, 4.69) is 20.9 Å². The molecule has 0 bridgehead atoms. The third-order valence-corrected chi connectivity index (χ3v) is 2.28. The Bertz CT molecular complexity index is 245. The highest BCUT2D eigenvalue weighted by Gasteiger charge is 2.06. The third-order valence-electron chi connectivity index (χ3n) is 0.842. The molecule has 54 valence electrons. The summed E-state index contributed by atoms with van der Waals surface area (Å²) in [5.74, 6) is -0.467. The molecule has 1 rings (SSSR count). The zero-order chi connectivity index (χ0) is 7.72. The van der Waals surface area contributed by atoms with E-state index in [1.807, 2.05) is 22.6 Å². The smallest absolute Gasteiger partial charge is 0.173 e. The van der Waals surface area contributed by atoms with Gasteiger partial charge in [0.25, 0.3) is 0 Å². The van der Waals surface area contributed by atoms with Crippen molar-refractivity contribution in [3.05, 3.63) is 25.2 Å². The number of hydrogen-bond donors (Lipinski definition) is 0. The summed E-state index contributed by atoms with van der Waals surface area (Å²) in [5.41, 5.74) is 0. The van der Waals surface area contributed by atoms with Gasteiger partial charge in [-0.05, 0) is 44.6 Å². The molecule has 0 amide bonds. The van der Waals surface area contributed by atoms with Gasteiger partial charge in [-0.1, -0.05) is 11.6 Å². The van der Waals surface area contributed by atoms with E-state index >= 15 is 0 Å². The molecule has 0 saturated heterocycles. The van der Waals surface area contributed by atoms with Gasteiger partial charge in [0.1, 0.15) is 4.60 Å². The van der Waals surface area contributed by atoms with Crippen molar-refractivity contribution in [2.24, 2.45) is 0 Å². The maximum absolute atomic E-state index is 12.7. The average molecular weight is 336 g/mol. The van der Waals surface area contributed by atoms with E-state index in [4.69, 9.17) is 11.6 Å². The molecule has 1 aromatic rings. The molecule has 0 aliphatic heterocycles. The molecule has 0 N–H and O–H groups in total. The van der Waals surface area contributed by atoms with E-state index in [1.165, 1.54) is 0 Å². The van der Waals surface area contributed by atoms with Crippen LogP contribution in [-0.4, -0.2) is 4.98 Å². The van der Waals surface area contributed by atoms with Crippen molar-refractivity contribution in [2.45, 2.75) is 0 Å². The minimum atomic E-state index is -0.467. The van der Waals surface area contributed by atoms with E-state index in [0.29, 0.717) is 8.17 Å². The van der Waals surface area contributed by atoms with Gasteiger partial charge >= 0.3 is 0 Å². The summed E-state index contributed by atoms with van der Waals surface area (Å²) in [6.45, 7) is 0. The Labute approximate surface area is 84.2 Å². The molecule has 1 aromatic heterocycles. The van der Waals surface area contributed by atoms with Crippen LogP contribution in [0.4, 0.5) is 4.39 Å². The largest absolute Gasteiger partial charge is 0.226 e. The van der Waals surface area contributed by atoms with Crippen LogP contribution in [0.25, 0.3) is 0 Å². The maximum atomic E-state index is 12.7. The monoisotopic (exact) mass is 335 g/mol. The Kier molecular flexibility index (Phi) is 2.88. The molecule has 1 heterocycles. The van der Waals surface area contributed by atoms with E-state index in [9.17, 15) is 4.39 Å². The molecule has 5 heteroatoms. The fourth-order valence-corrected chi connectivity index (χ4v) is 2.28. The highest BCUT2D eigenvalue weighted by atomic mass is 127. The minimum absolute atomic E-state index is 0.0984. The summed E-state index contributed by atoms with van der Waals surface area (Å²) in [7, 11) is 0. The molecule has 0 spiro atoms. The van der Waals surface area contributed by atoms with Gasteiger partial charge in [0.2, 0.25) is 0 Å². The molecule has 0 aliphatic rings. The van der Waals surface area contributed by atoms with E-state index < -0.39 is 5.82 Å². The minimum Gasteiger partial charge on any atom is -0.226 e. The molecule has 0 unspecified atom stereocenters. The molecule has 1 nitrogen and oxygen atoms in total. The molecule has 0 fully saturated rings. The summed E-state index contributed by atoms with van der Waals surface area (Å²) in [6.07, 6.45) is 0. The molecule has 0 radical (unpaired) electrons. The number of halogens is 4. The Balaban J connectivity index is 3.31. The first-order valence-corrected chi connectivity index (χ1v) is 4.53. The van der Waals surface area contributed by atoms with Gasteiger partial charge in [-0.3, -0.25) is 0 Å². The van der Waals surface area contributed by atoms with Crippen molar-refractivity contribution in [2.75, 3.05) is 0 Å². The van der Waals surface area contributed by atoms with Crippen LogP contribution in [0.15, 0.2) is 10.7 Å². The van der Waals surface area contributed by atoms with Gasteiger partial charge in [-0.2, -0.15) is 0 Å². The van der Waals surface area contributed by atoms with Crippen molar-refractivity contribution in [1.82, 2.24) is 4.98 Å². The summed E-state index contributed by atoms with van der Waals surface area (Å²) >= 11 is 10.3. The topological polar surface area (TPSA) is 12.9 Å². The normalized spacial score (nSPS) is 10.0. The van der Waals surface area contributed by atoms with Gasteiger partial charge in [-0.25, -0.2) is 9.37 Å². The predicted octanol–water partition coefficient (Wildman–Crippen LogP) is 3.24. The molecule has 0 atom stereocenters. The number of aromatic nitrogens is 1. The fraction of sp³-hybridized carbons (Fsp3) is 0. The van der Waals surface area contributed by atoms with Crippen molar-refractivity contribution in [1.29, 1.82) is 0 Å². The van der Waals surface area contributed by atoms with Gasteiger partial charge in [0.05, 0.1) is 3.57 Å². The molecular formula is C5HBrClFIN. The molecule has 10 heavy (non-hydrogen) atoms. The highest BCUT2D eigenvalue weighted by Crippen LogP contribution is 2.21. The first-order chi connectivity index (χ1) is 4.61. The zero-order valence-electron chi connectivity index (χ0n) is 4.54. The van der Waals surface area contributed by atoms with Gasteiger partial charge in [0.15, 0.2) is 11.0 Å². The SMILES string of the molecule is Fc1c(I)cc(Br)nc1Cl. The zero-order valence-corrected chi connectivity index (χ0v) is 9.04. The molecule has 0 saturated carbocycles. The average Bonchev–Trinajstić information content (AvgIpc) is 1.82. The summed E-state index contributed by atoms with van der Waals surface area (Å²) in [6, 6.07) is 1.56. The lowest BCUT2D eigenvalue weighted by Gasteiger charge is -1.96. The van der Waals surface area contributed by atoms with Crippen LogP contribution in [0.2, 0.25) is 5.15 Å². The van der Waals surface area contributed by atoms with Crippen molar-refractivity contribution < 1.29 is 4.39 Å². The van der Waals surface area contributed by atoms with Crippen LogP contribution >= 0.6 is 50.1 Å². The van der Waals surface area contributed by atoms with E-state index in [1.54, 1.807) is 6.07 Å². The van der Waals surface area contributed by atoms with Crippen LogP contribution in [0.3, 0.4) is 0 Å². The van der Waals surface area contributed by atoms with Crippen molar-refractivity contribution in [3.8, 4) is 0 Å². The summed E-state index contributed by atoms with van der Waals surface area (Å²) in [4.78, 5) is 3.64. The Morgan fingerprint density at radius 1 is 1.70 bits per heavy atom. The standard InChI is InChI=1S/C5HBrClFIN/c6-3-1-2(9)4(8)5(7)10-3/h1H. The van der Waals surface area contributed by atoms with Gasteiger partial charge in [-0.15, -0.1) is 0 Å². The summed E-state index contributed by atoms with van der Waals surface area (Å²) in [5, 5.41) is -0.0984. The first-order valence-electron chi connectivity index (χ1n) is 2.28. The first kappa shape index (κ1) is 8.67. The second kappa shape index (κ2) is 3.32. The third kappa shape index (κ3) is 1.79. The van der Waals surface area contributed by atoms with Crippen LogP contribution in [0, 0.1) is 9.39 Å². The molecule has 0 aliphatic carbocycles. The second-order valence-corrected chi connectivity index (χ2v) is 3.86. The van der Waals surface area contributed by atoms with Crippen molar-refractivity contribution in [3.63, 3.8) is 0 Å². The Morgan fingerprint density at radius 3 is 2.80 bits per heavy atom. The maximum Gasteiger partial charge on any atom is 0.173 e. The van der Waals surface area contributed by atoms with Crippen molar-refractivity contribution >= 4 is 50.1 Å². The van der Waals surface area contributed by atoms with Crippen LogP contribution in [0.5, 0.6) is 0 Å². The van der Waals surface area contributed by atoms with E-state index in [-0.39, 0.29) is 5.15 Å². The quantitative estimate of drug-likeness (QED) is 0.524. The van der Waals surface area contributed by atoms with Gasteiger partial charge < -0.3 is 0 Å². The Hall–Kier alpha value is 0.580. The van der Waals surface area contributed by atoms with Crippen LogP contribution < -0.4 is 0 Å². The highest BCUT2D eigenvalue weighted by molar-refractivity contribution is 14.1. The van der Waals surface area contributed by atoms with E-state index in [0.717, 1.165) is 0 Å².